The number of nitrogens with zero attached hydrogens (tertiary/aromatic N) is 1. The number of thioether (sulfide) groups is 1. The Morgan fingerprint density at radius 1 is 1.32 bits per heavy atom. The molecule has 0 aliphatic carbocycles. The number of amides is 3. The second-order valence-corrected chi connectivity index (χ2v) is 7.68. The van der Waals surface area contributed by atoms with E-state index in [1.54, 1.807) is 24.3 Å². The predicted molar refractivity (Wildman–Crippen MR) is 102 cm³/mol. The maximum Gasteiger partial charge on any atom is 0.294 e. The second kappa shape index (κ2) is 7.43. The molecule has 5 nitrogen and oxygen atoms in total. The number of carbonyl (C=O) groups is 3. The van der Waals surface area contributed by atoms with Gasteiger partial charge in [0.1, 0.15) is 6.54 Å². The van der Waals surface area contributed by atoms with Gasteiger partial charge in [-0.2, -0.15) is 0 Å². The van der Waals surface area contributed by atoms with Gasteiger partial charge in [0.15, 0.2) is 0 Å². The van der Waals surface area contributed by atoms with Crippen LogP contribution in [0, 0.1) is 6.92 Å². The summed E-state index contributed by atoms with van der Waals surface area (Å²) in [5, 5.41) is 4.60. The summed E-state index contributed by atoms with van der Waals surface area (Å²) in [5.41, 5.74) is 1.41. The third-order valence-electron chi connectivity index (χ3n) is 3.45. The molecule has 2 aromatic rings. The fourth-order valence-corrected chi connectivity index (χ4v) is 3.90. The van der Waals surface area contributed by atoms with Gasteiger partial charge in [-0.15, -0.1) is 11.3 Å². The third kappa shape index (κ3) is 4.12. The molecule has 1 N–H and O–H groups in total. The highest BCUT2D eigenvalue weighted by Crippen LogP contribution is 2.32. The van der Waals surface area contributed by atoms with Crippen LogP contribution in [0.25, 0.3) is 6.08 Å². The number of hydrogen-bond donors (Lipinski definition) is 1. The summed E-state index contributed by atoms with van der Waals surface area (Å²) in [4.78, 5) is 38.7. The lowest BCUT2D eigenvalue weighted by Gasteiger charge is -2.12. The minimum atomic E-state index is -0.459. The van der Waals surface area contributed by atoms with E-state index >= 15 is 0 Å². The summed E-state index contributed by atoms with van der Waals surface area (Å²) in [5.74, 6) is -0.917. The van der Waals surface area contributed by atoms with Crippen molar-refractivity contribution in [3.05, 3.63) is 56.1 Å². The molecule has 0 radical (unpaired) electrons. The Hall–Kier alpha value is -2.09. The topological polar surface area (TPSA) is 66.5 Å². The van der Waals surface area contributed by atoms with E-state index in [0.717, 1.165) is 27.1 Å². The molecule has 2 heterocycles. The van der Waals surface area contributed by atoms with E-state index in [1.807, 2.05) is 24.4 Å². The number of aryl methyl sites for hydroxylation is 1. The van der Waals surface area contributed by atoms with Crippen LogP contribution in [0.4, 0.5) is 10.5 Å². The van der Waals surface area contributed by atoms with Crippen LogP contribution >= 0.6 is 34.7 Å². The quantitative estimate of drug-likeness (QED) is 0.784. The first-order valence-electron chi connectivity index (χ1n) is 7.29. The molecule has 8 heteroatoms. The summed E-state index contributed by atoms with van der Waals surface area (Å²) in [6.07, 6.45) is 1.66. The summed E-state index contributed by atoms with van der Waals surface area (Å²) >= 11 is 8.33. The molecular formula is C17H13ClN2O3S2. The first-order chi connectivity index (χ1) is 11.9. The summed E-state index contributed by atoms with van der Waals surface area (Å²) in [6, 6.07) is 8.83. The molecule has 128 valence electrons. The summed E-state index contributed by atoms with van der Waals surface area (Å²) < 4.78 is 0. The molecule has 1 aromatic carbocycles. The van der Waals surface area contributed by atoms with Gasteiger partial charge in [0.05, 0.1) is 4.91 Å². The van der Waals surface area contributed by atoms with Crippen LogP contribution in [0.2, 0.25) is 5.02 Å². The van der Waals surface area contributed by atoms with Crippen molar-refractivity contribution >= 4 is 63.5 Å². The fraction of sp³-hybridized carbons (Fsp3) is 0.118. The zero-order valence-corrected chi connectivity index (χ0v) is 15.5. The second-order valence-electron chi connectivity index (χ2n) is 5.30. The highest BCUT2D eigenvalue weighted by atomic mass is 35.5. The summed E-state index contributed by atoms with van der Waals surface area (Å²) in [7, 11) is 0. The van der Waals surface area contributed by atoms with Crippen LogP contribution in [0.5, 0.6) is 0 Å². The molecular weight excluding hydrogens is 380 g/mol. The first kappa shape index (κ1) is 17.7. The normalized spacial score (nSPS) is 15.9. The number of thiophene rings is 1. The van der Waals surface area contributed by atoms with E-state index in [9.17, 15) is 14.4 Å². The Morgan fingerprint density at radius 3 is 2.80 bits per heavy atom. The van der Waals surface area contributed by atoms with Gasteiger partial charge >= 0.3 is 0 Å². The lowest BCUT2D eigenvalue weighted by atomic mass is 10.2. The molecule has 1 aromatic heterocycles. The number of imide groups is 1. The van der Waals surface area contributed by atoms with E-state index in [2.05, 4.69) is 5.32 Å². The Kier molecular flexibility index (Phi) is 5.27. The smallest absolute Gasteiger partial charge is 0.294 e. The molecule has 0 saturated carbocycles. The molecule has 1 saturated heterocycles. The van der Waals surface area contributed by atoms with Crippen LogP contribution in [0.3, 0.4) is 0 Å². The zero-order chi connectivity index (χ0) is 18.0. The number of rotatable bonds is 4. The number of benzene rings is 1. The molecule has 0 atom stereocenters. The van der Waals surface area contributed by atoms with Gasteiger partial charge in [0.2, 0.25) is 5.91 Å². The number of nitrogens with one attached hydrogen (secondary N) is 1. The predicted octanol–water partition coefficient (Wildman–Crippen LogP) is 4.38. The van der Waals surface area contributed by atoms with Gasteiger partial charge in [-0.3, -0.25) is 19.3 Å². The molecule has 3 rings (SSSR count). The largest absolute Gasteiger partial charge is 0.324 e. The van der Waals surface area contributed by atoms with Gasteiger partial charge in [-0.25, -0.2) is 0 Å². The molecule has 1 fully saturated rings. The van der Waals surface area contributed by atoms with E-state index in [1.165, 1.54) is 11.3 Å². The van der Waals surface area contributed by atoms with Crippen molar-refractivity contribution < 1.29 is 14.4 Å². The maximum atomic E-state index is 12.3. The van der Waals surface area contributed by atoms with Crippen LogP contribution < -0.4 is 5.32 Å². The average Bonchev–Trinajstić information content (AvgIpc) is 3.15. The maximum absolute atomic E-state index is 12.3. The standard InChI is InChI=1S/C17H13ClN2O3S2/c1-10-4-5-11(7-13(10)18)19-15(21)9-20-16(22)14(25-17(20)23)8-12-3-2-6-24-12/h2-8H,9H2,1H3,(H,19,21)/b14-8+. The van der Waals surface area contributed by atoms with Gasteiger partial charge < -0.3 is 5.32 Å². The lowest BCUT2D eigenvalue weighted by Crippen LogP contribution is -2.36. The molecule has 1 aliphatic rings. The number of anilines is 1. The van der Waals surface area contributed by atoms with Gasteiger partial charge in [0.25, 0.3) is 11.1 Å². The highest BCUT2D eigenvalue weighted by Gasteiger charge is 2.36. The van der Waals surface area contributed by atoms with Crippen molar-refractivity contribution in [3.8, 4) is 0 Å². The van der Waals surface area contributed by atoms with Crippen molar-refractivity contribution in [3.63, 3.8) is 0 Å². The van der Waals surface area contributed by atoms with Crippen molar-refractivity contribution in [2.24, 2.45) is 0 Å². The van der Waals surface area contributed by atoms with E-state index in [4.69, 9.17) is 11.6 Å². The van der Waals surface area contributed by atoms with Crippen molar-refractivity contribution in [1.29, 1.82) is 0 Å². The minimum Gasteiger partial charge on any atom is -0.324 e. The Bertz CT molecular complexity index is 878. The first-order valence-corrected chi connectivity index (χ1v) is 9.36. The Balaban J connectivity index is 1.67. The average molecular weight is 393 g/mol. The lowest BCUT2D eigenvalue weighted by molar-refractivity contribution is -0.127. The van der Waals surface area contributed by atoms with Gasteiger partial charge in [-0.05, 0) is 53.9 Å². The van der Waals surface area contributed by atoms with E-state index in [0.29, 0.717) is 15.6 Å². The van der Waals surface area contributed by atoms with E-state index < -0.39 is 17.1 Å². The Morgan fingerprint density at radius 2 is 2.12 bits per heavy atom. The van der Waals surface area contributed by atoms with Crippen molar-refractivity contribution in [1.82, 2.24) is 4.90 Å². The summed E-state index contributed by atoms with van der Waals surface area (Å²) in [6.45, 7) is 1.52. The van der Waals surface area contributed by atoms with Crippen LogP contribution in [-0.4, -0.2) is 28.5 Å². The van der Waals surface area contributed by atoms with Crippen molar-refractivity contribution in [2.75, 3.05) is 11.9 Å². The van der Waals surface area contributed by atoms with Gasteiger partial charge in [0, 0.05) is 15.6 Å². The van der Waals surface area contributed by atoms with Crippen LogP contribution in [0.15, 0.2) is 40.6 Å². The monoisotopic (exact) mass is 392 g/mol. The minimum absolute atomic E-state index is 0.318. The molecule has 1 aliphatic heterocycles. The van der Waals surface area contributed by atoms with Crippen molar-refractivity contribution in [2.45, 2.75) is 6.92 Å². The number of halogens is 1. The molecule has 0 unspecified atom stereocenters. The fourth-order valence-electron chi connectivity index (χ4n) is 2.15. The molecule has 25 heavy (non-hydrogen) atoms. The number of hydrogen-bond acceptors (Lipinski definition) is 5. The van der Waals surface area contributed by atoms with Crippen LogP contribution in [0.1, 0.15) is 10.4 Å². The molecule has 3 amide bonds. The third-order valence-corrected chi connectivity index (χ3v) is 5.58. The van der Waals surface area contributed by atoms with Crippen LogP contribution in [-0.2, 0) is 9.59 Å². The van der Waals surface area contributed by atoms with Gasteiger partial charge in [-0.1, -0.05) is 23.7 Å². The molecule has 0 bridgehead atoms. The zero-order valence-electron chi connectivity index (χ0n) is 13.1. The molecule has 0 spiro atoms. The highest BCUT2D eigenvalue weighted by molar-refractivity contribution is 8.18. The van der Waals surface area contributed by atoms with E-state index in [-0.39, 0.29) is 6.54 Å². The SMILES string of the molecule is Cc1ccc(NC(=O)CN2C(=O)S/C(=C/c3cccs3)C2=O)cc1Cl. The number of carbonyl (C=O) groups excluding carboxylic acids is 3. The Labute approximate surface area is 157 Å².